The zero-order chi connectivity index (χ0) is 24.5. The highest BCUT2D eigenvalue weighted by molar-refractivity contribution is 6.37. The Morgan fingerprint density at radius 2 is 1.76 bits per heavy atom. The van der Waals surface area contributed by atoms with Gasteiger partial charge in [-0.05, 0) is 81.5 Å². The Morgan fingerprint density at radius 3 is 2.50 bits per heavy atom. The van der Waals surface area contributed by atoms with Crippen LogP contribution in [0.25, 0.3) is 6.08 Å². The maximum atomic E-state index is 12.9. The number of methoxy groups -OCH3 is 1. The van der Waals surface area contributed by atoms with Gasteiger partial charge in [0, 0.05) is 12.5 Å². The summed E-state index contributed by atoms with van der Waals surface area (Å²) in [6.07, 6.45) is 12.5. The van der Waals surface area contributed by atoms with Crippen LogP contribution >= 0.6 is 0 Å². The SMILES string of the molecule is COc1cc(/C=C/CCCOC(=O)C2CCCCN2C(=O)C(=O)C2CCCCC2)cc(C)c1C. The van der Waals surface area contributed by atoms with E-state index in [9.17, 15) is 14.4 Å². The number of nitrogens with zero attached hydrogens (tertiary/aromatic N) is 1. The molecule has 2 aliphatic rings. The number of ketones is 1. The number of aryl methyl sites for hydroxylation is 1. The van der Waals surface area contributed by atoms with E-state index in [4.69, 9.17) is 9.47 Å². The van der Waals surface area contributed by atoms with Crippen molar-refractivity contribution in [1.29, 1.82) is 0 Å². The van der Waals surface area contributed by atoms with Crippen molar-refractivity contribution in [2.75, 3.05) is 20.3 Å². The Labute approximate surface area is 203 Å². The monoisotopic (exact) mass is 469 g/mol. The number of hydrogen-bond acceptors (Lipinski definition) is 5. The minimum atomic E-state index is -0.632. The molecule has 186 valence electrons. The predicted molar refractivity (Wildman–Crippen MR) is 133 cm³/mol. The number of likely N-dealkylation sites (tertiary alicyclic amines) is 1. The number of rotatable bonds is 9. The third-order valence-electron chi connectivity index (χ3n) is 7.15. The third-order valence-corrected chi connectivity index (χ3v) is 7.15. The number of unbranched alkanes of at least 4 members (excludes halogenated alkanes) is 1. The van der Waals surface area contributed by atoms with Crippen molar-refractivity contribution in [3.8, 4) is 5.75 Å². The van der Waals surface area contributed by atoms with Gasteiger partial charge in [0.1, 0.15) is 11.8 Å². The molecule has 1 atom stereocenters. The van der Waals surface area contributed by atoms with E-state index in [1.807, 2.05) is 13.0 Å². The molecular formula is C28H39NO5. The van der Waals surface area contributed by atoms with E-state index in [0.717, 1.165) is 68.2 Å². The number of benzene rings is 1. The normalized spacial score (nSPS) is 19.3. The van der Waals surface area contributed by atoms with E-state index in [-0.39, 0.29) is 17.7 Å². The number of amides is 1. The van der Waals surface area contributed by atoms with Gasteiger partial charge < -0.3 is 14.4 Å². The lowest BCUT2D eigenvalue weighted by Gasteiger charge is -2.34. The molecule has 6 heteroatoms. The molecule has 0 bridgehead atoms. The summed E-state index contributed by atoms with van der Waals surface area (Å²) < 4.78 is 10.9. The molecule has 1 aromatic carbocycles. The van der Waals surface area contributed by atoms with Crippen molar-refractivity contribution in [3.63, 3.8) is 0 Å². The maximum Gasteiger partial charge on any atom is 0.328 e. The molecule has 1 aromatic rings. The van der Waals surface area contributed by atoms with Crippen LogP contribution in [-0.4, -0.2) is 48.9 Å². The molecule has 1 heterocycles. The van der Waals surface area contributed by atoms with E-state index < -0.39 is 11.9 Å². The molecule has 3 rings (SSSR count). The summed E-state index contributed by atoms with van der Waals surface area (Å²) in [5, 5.41) is 0. The lowest BCUT2D eigenvalue weighted by Crippen LogP contribution is -2.52. The summed E-state index contributed by atoms with van der Waals surface area (Å²) in [6.45, 7) is 4.87. The first-order valence-corrected chi connectivity index (χ1v) is 12.8. The molecule has 1 saturated carbocycles. The van der Waals surface area contributed by atoms with Crippen molar-refractivity contribution >= 4 is 23.7 Å². The van der Waals surface area contributed by atoms with E-state index in [2.05, 4.69) is 25.1 Å². The van der Waals surface area contributed by atoms with Gasteiger partial charge in [0.25, 0.3) is 5.91 Å². The van der Waals surface area contributed by atoms with Crippen LogP contribution in [0.2, 0.25) is 0 Å². The molecule has 1 saturated heterocycles. The van der Waals surface area contributed by atoms with E-state index >= 15 is 0 Å². The Bertz CT molecular complexity index is 900. The molecule has 1 aliphatic carbocycles. The highest BCUT2D eigenvalue weighted by atomic mass is 16.5. The van der Waals surface area contributed by atoms with Crippen molar-refractivity contribution in [3.05, 3.63) is 34.9 Å². The maximum absolute atomic E-state index is 12.9. The van der Waals surface area contributed by atoms with Crippen LogP contribution in [0.15, 0.2) is 18.2 Å². The second kappa shape index (κ2) is 12.7. The molecular weight excluding hydrogens is 430 g/mol. The highest BCUT2D eigenvalue weighted by Gasteiger charge is 2.38. The van der Waals surface area contributed by atoms with Crippen molar-refractivity contribution < 1.29 is 23.9 Å². The standard InChI is InChI=1S/C28H39NO5/c1-20-18-22(19-25(33-3)21(20)2)12-6-5-11-17-34-28(32)24-15-9-10-16-29(24)27(31)26(30)23-13-7-4-8-14-23/h6,12,18-19,23-24H,4-5,7-11,13-17H2,1-3H3/b12-6+. The van der Waals surface area contributed by atoms with E-state index in [1.165, 1.54) is 10.5 Å². The van der Waals surface area contributed by atoms with Gasteiger partial charge in [-0.1, -0.05) is 37.5 Å². The van der Waals surface area contributed by atoms with Gasteiger partial charge in [-0.3, -0.25) is 9.59 Å². The summed E-state index contributed by atoms with van der Waals surface area (Å²) in [6, 6.07) is 3.51. The number of allylic oxidation sites excluding steroid dienone is 1. The van der Waals surface area contributed by atoms with Gasteiger partial charge in [-0.2, -0.15) is 0 Å². The number of hydrogen-bond donors (Lipinski definition) is 0. The fourth-order valence-corrected chi connectivity index (χ4v) is 4.95. The first kappa shape index (κ1) is 26.0. The van der Waals surface area contributed by atoms with Crippen LogP contribution in [0.5, 0.6) is 5.75 Å². The van der Waals surface area contributed by atoms with Crippen LogP contribution in [0.4, 0.5) is 0 Å². The fraction of sp³-hybridized carbons (Fsp3) is 0.607. The molecule has 6 nitrogen and oxygen atoms in total. The quantitative estimate of drug-likeness (QED) is 0.283. The van der Waals surface area contributed by atoms with Crippen molar-refractivity contribution in [1.82, 2.24) is 4.90 Å². The molecule has 2 fully saturated rings. The number of Topliss-reactive ketones (excluding diaryl/α,β-unsaturated/α-hetero) is 1. The minimum absolute atomic E-state index is 0.177. The Morgan fingerprint density at radius 1 is 1.03 bits per heavy atom. The first-order chi connectivity index (χ1) is 16.4. The van der Waals surface area contributed by atoms with Gasteiger partial charge in [0.05, 0.1) is 13.7 Å². The molecule has 1 aliphatic heterocycles. The highest BCUT2D eigenvalue weighted by Crippen LogP contribution is 2.27. The Hall–Kier alpha value is -2.63. The Balaban J connectivity index is 1.46. The van der Waals surface area contributed by atoms with Crippen molar-refractivity contribution in [2.24, 2.45) is 5.92 Å². The average Bonchev–Trinajstić information content (AvgIpc) is 2.87. The molecule has 0 aromatic heterocycles. The smallest absolute Gasteiger partial charge is 0.328 e. The molecule has 0 spiro atoms. The lowest BCUT2D eigenvalue weighted by molar-refractivity contribution is -0.160. The molecule has 1 unspecified atom stereocenters. The van der Waals surface area contributed by atoms with Crippen LogP contribution in [0, 0.1) is 19.8 Å². The molecule has 34 heavy (non-hydrogen) atoms. The lowest BCUT2D eigenvalue weighted by atomic mass is 9.85. The molecule has 0 radical (unpaired) electrons. The number of carbonyl (C=O) groups is 3. The van der Waals surface area contributed by atoms with Gasteiger partial charge >= 0.3 is 5.97 Å². The Kier molecular flexibility index (Phi) is 9.73. The third kappa shape index (κ3) is 6.71. The first-order valence-electron chi connectivity index (χ1n) is 12.8. The second-order valence-corrected chi connectivity index (χ2v) is 9.59. The summed E-state index contributed by atoms with van der Waals surface area (Å²) in [5.74, 6) is -0.480. The number of ether oxygens (including phenoxy) is 2. The van der Waals surface area contributed by atoms with Crippen LogP contribution in [0.3, 0.4) is 0 Å². The zero-order valence-corrected chi connectivity index (χ0v) is 20.9. The fourth-order valence-electron chi connectivity index (χ4n) is 4.95. The zero-order valence-electron chi connectivity index (χ0n) is 20.9. The summed E-state index contributed by atoms with van der Waals surface area (Å²) in [5.41, 5.74) is 3.40. The topological polar surface area (TPSA) is 72.9 Å². The summed E-state index contributed by atoms with van der Waals surface area (Å²) in [7, 11) is 1.68. The average molecular weight is 470 g/mol. The van der Waals surface area contributed by atoms with Crippen LogP contribution in [0.1, 0.15) is 80.9 Å². The van der Waals surface area contributed by atoms with Gasteiger partial charge in [0.2, 0.25) is 5.78 Å². The molecule has 0 N–H and O–H groups in total. The number of piperidine rings is 1. The second-order valence-electron chi connectivity index (χ2n) is 9.59. The largest absolute Gasteiger partial charge is 0.496 e. The minimum Gasteiger partial charge on any atom is -0.496 e. The van der Waals surface area contributed by atoms with Gasteiger partial charge in [-0.15, -0.1) is 0 Å². The van der Waals surface area contributed by atoms with Gasteiger partial charge in [-0.25, -0.2) is 4.79 Å². The van der Waals surface area contributed by atoms with E-state index in [0.29, 0.717) is 26.0 Å². The summed E-state index contributed by atoms with van der Waals surface area (Å²) >= 11 is 0. The van der Waals surface area contributed by atoms with Crippen molar-refractivity contribution in [2.45, 2.75) is 84.1 Å². The van der Waals surface area contributed by atoms with Crippen LogP contribution in [-0.2, 0) is 19.1 Å². The van der Waals surface area contributed by atoms with E-state index in [1.54, 1.807) is 7.11 Å². The number of esters is 1. The van der Waals surface area contributed by atoms with Crippen LogP contribution < -0.4 is 4.74 Å². The summed E-state index contributed by atoms with van der Waals surface area (Å²) in [4.78, 5) is 39.9. The number of carbonyl (C=O) groups excluding carboxylic acids is 3. The van der Waals surface area contributed by atoms with Gasteiger partial charge in [0.15, 0.2) is 0 Å². The molecule has 1 amide bonds. The predicted octanol–water partition coefficient (Wildman–Crippen LogP) is 5.18.